The van der Waals surface area contributed by atoms with Crippen molar-refractivity contribution in [1.29, 1.82) is 0 Å². The number of hydrogen-bond acceptors (Lipinski definition) is 5. The fraction of sp³-hybridized carbons (Fsp3) is 0.278. The van der Waals surface area contributed by atoms with Gasteiger partial charge in [-0.25, -0.2) is 8.42 Å². The third-order valence-corrected chi connectivity index (χ3v) is 9.91. The molecule has 0 heterocycles. The van der Waals surface area contributed by atoms with E-state index in [1.165, 1.54) is 29.2 Å². The Balaban J connectivity index is 1.81. The number of hydrogen-bond donors (Lipinski definition) is 1. The summed E-state index contributed by atoms with van der Waals surface area (Å²) in [4.78, 5) is 29.9. The largest absolute Gasteiger partial charge is 0.494 e. The van der Waals surface area contributed by atoms with Crippen LogP contribution in [0.25, 0.3) is 0 Å². The molecular weight excluding hydrogens is 657 g/mol. The van der Waals surface area contributed by atoms with Crippen LogP contribution in [0, 0.1) is 0 Å². The number of ether oxygens (including phenoxy) is 1. The molecule has 0 saturated heterocycles. The quantitative estimate of drug-likeness (QED) is 0.143. The van der Waals surface area contributed by atoms with Gasteiger partial charge >= 0.3 is 0 Å². The van der Waals surface area contributed by atoms with Gasteiger partial charge in [-0.2, -0.15) is 0 Å². The molecule has 0 fully saturated rings. The monoisotopic (exact) mass is 695 g/mol. The van der Waals surface area contributed by atoms with E-state index in [1.807, 2.05) is 57.2 Å². The average molecular weight is 697 g/mol. The van der Waals surface area contributed by atoms with Crippen LogP contribution in [0.5, 0.6) is 5.75 Å². The number of rotatable bonds is 15. The van der Waals surface area contributed by atoms with E-state index in [0.717, 1.165) is 9.87 Å². The molecule has 11 heteroatoms. The molecule has 4 rings (SSSR count). The van der Waals surface area contributed by atoms with E-state index < -0.39 is 28.5 Å². The van der Waals surface area contributed by atoms with Crippen molar-refractivity contribution in [2.75, 3.05) is 17.5 Å². The molecule has 0 spiro atoms. The van der Waals surface area contributed by atoms with E-state index in [1.54, 1.807) is 42.5 Å². The Kier molecular flexibility index (Phi) is 12.7. The molecule has 4 aromatic carbocycles. The van der Waals surface area contributed by atoms with Gasteiger partial charge in [-0.05, 0) is 92.1 Å². The first kappa shape index (κ1) is 35.8. The minimum atomic E-state index is -4.27. The zero-order valence-corrected chi connectivity index (χ0v) is 28.9. The fourth-order valence-corrected chi connectivity index (χ4v) is 6.72. The van der Waals surface area contributed by atoms with Crippen LogP contribution >= 0.6 is 23.2 Å². The number of halogens is 2. The second-order valence-electron chi connectivity index (χ2n) is 11.1. The summed E-state index contributed by atoms with van der Waals surface area (Å²) in [6, 6.07) is 27.5. The summed E-state index contributed by atoms with van der Waals surface area (Å²) >= 11 is 12.4. The van der Waals surface area contributed by atoms with Crippen molar-refractivity contribution in [3.05, 3.63) is 124 Å². The molecule has 1 N–H and O–H groups in total. The lowest BCUT2D eigenvalue weighted by atomic mass is 10.0. The Labute approximate surface area is 287 Å². The number of anilines is 1. The Morgan fingerprint density at radius 2 is 1.49 bits per heavy atom. The summed E-state index contributed by atoms with van der Waals surface area (Å²) in [5, 5.41) is 3.87. The second-order valence-corrected chi connectivity index (χ2v) is 13.8. The Morgan fingerprint density at radius 3 is 2.11 bits per heavy atom. The maximum Gasteiger partial charge on any atom is 0.264 e. The van der Waals surface area contributed by atoms with Crippen molar-refractivity contribution >= 4 is 50.7 Å². The molecule has 0 saturated carbocycles. The molecule has 8 nitrogen and oxygen atoms in total. The van der Waals surface area contributed by atoms with Gasteiger partial charge in [0.1, 0.15) is 18.3 Å². The first-order valence-corrected chi connectivity index (χ1v) is 17.6. The van der Waals surface area contributed by atoms with E-state index in [2.05, 4.69) is 5.32 Å². The van der Waals surface area contributed by atoms with Crippen LogP contribution in [0.15, 0.2) is 108 Å². The lowest BCUT2D eigenvalue weighted by Gasteiger charge is -2.34. The smallest absolute Gasteiger partial charge is 0.264 e. The summed E-state index contributed by atoms with van der Waals surface area (Å²) in [5.41, 5.74) is 1.79. The normalized spacial score (nSPS) is 12.5. The van der Waals surface area contributed by atoms with Gasteiger partial charge in [0.25, 0.3) is 10.0 Å². The van der Waals surface area contributed by atoms with E-state index in [-0.39, 0.29) is 35.5 Å². The van der Waals surface area contributed by atoms with Crippen molar-refractivity contribution in [3.63, 3.8) is 0 Å². The van der Waals surface area contributed by atoms with Gasteiger partial charge in [0.05, 0.1) is 17.2 Å². The molecule has 0 radical (unpaired) electrons. The van der Waals surface area contributed by atoms with Crippen LogP contribution in [0.1, 0.15) is 38.3 Å². The van der Waals surface area contributed by atoms with Crippen molar-refractivity contribution in [3.8, 4) is 5.75 Å². The highest BCUT2D eigenvalue weighted by molar-refractivity contribution is 7.92. The number of sulfonamides is 1. The van der Waals surface area contributed by atoms with E-state index in [0.29, 0.717) is 34.4 Å². The highest BCUT2D eigenvalue weighted by Gasteiger charge is 2.35. The van der Waals surface area contributed by atoms with Crippen molar-refractivity contribution in [2.45, 2.75) is 57.1 Å². The summed E-state index contributed by atoms with van der Waals surface area (Å²) in [6.45, 7) is 5.58. The molecule has 0 aromatic heterocycles. The number of carbonyl (C=O) groups is 2. The summed E-state index contributed by atoms with van der Waals surface area (Å²) < 4.78 is 35.0. The molecule has 0 aliphatic rings. The maximum absolute atomic E-state index is 14.6. The summed E-state index contributed by atoms with van der Waals surface area (Å²) in [7, 11) is -4.27. The zero-order chi connectivity index (χ0) is 34.0. The van der Waals surface area contributed by atoms with E-state index in [9.17, 15) is 18.0 Å². The molecule has 0 unspecified atom stereocenters. The van der Waals surface area contributed by atoms with Gasteiger partial charge in [0.2, 0.25) is 11.8 Å². The Morgan fingerprint density at radius 1 is 0.830 bits per heavy atom. The van der Waals surface area contributed by atoms with Crippen molar-refractivity contribution in [1.82, 2.24) is 10.2 Å². The van der Waals surface area contributed by atoms with Crippen LogP contribution in [0.3, 0.4) is 0 Å². The number of carbonyl (C=O) groups excluding carboxylic acids is 2. The van der Waals surface area contributed by atoms with Gasteiger partial charge in [0, 0.05) is 29.1 Å². The summed E-state index contributed by atoms with van der Waals surface area (Å²) in [6.07, 6.45) is 0.902. The van der Waals surface area contributed by atoms with Crippen molar-refractivity contribution in [2.24, 2.45) is 0 Å². The highest BCUT2D eigenvalue weighted by Crippen LogP contribution is 2.28. The standard InChI is InChI=1S/C36H39Cl2N3O5S/c1-4-26(3)39-36(43)34(23-27-10-7-6-8-11-27)40(24-28-12-9-13-30(38)22-28)35(42)25-41(31-16-18-32(19-17-31)46-5-2)47(44,45)33-20-14-29(37)15-21-33/h6-22,26,34H,4-5,23-25H2,1-3H3,(H,39,43)/t26-,34+/m0/s1. The SMILES string of the molecule is CCOc1ccc(N(CC(=O)N(Cc2cccc(Cl)c2)[C@H](Cc2ccccc2)C(=O)N[C@@H](C)CC)S(=O)(=O)c2ccc(Cl)cc2)cc1. The third kappa shape index (κ3) is 9.73. The molecule has 2 amide bonds. The maximum atomic E-state index is 14.6. The molecule has 47 heavy (non-hydrogen) atoms. The molecule has 2 atom stereocenters. The van der Waals surface area contributed by atoms with Crippen molar-refractivity contribution < 1.29 is 22.7 Å². The van der Waals surface area contributed by atoms with Crippen LogP contribution in [0.4, 0.5) is 5.69 Å². The third-order valence-electron chi connectivity index (χ3n) is 7.63. The predicted octanol–water partition coefficient (Wildman–Crippen LogP) is 7.14. The minimum absolute atomic E-state index is 0.0168. The first-order chi connectivity index (χ1) is 22.5. The lowest BCUT2D eigenvalue weighted by molar-refractivity contribution is -0.140. The van der Waals surface area contributed by atoms with Crippen LogP contribution in [-0.2, 0) is 32.6 Å². The van der Waals surface area contributed by atoms with Crippen LogP contribution in [0.2, 0.25) is 10.0 Å². The molecular formula is C36H39Cl2N3O5S. The molecule has 0 aliphatic carbocycles. The number of benzene rings is 4. The van der Waals surface area contributed by atoms with Crippen LogP contribution in [-0.4, -0.2) is 50.4 Å². The predicted molar refractivity (Wildman–Crippen MR) is 187 cm³/mol. The Bertz CT molecular complexity index is 1740. The number of amides is 2. The topological polar surface area (TPSA) is 96.0 Å². The second kappa shape index (κ2) is 16.7. The molecule has 0 aliphatic heterocycles. The van der Waals surface area contributed by atoms with Gasteiger partial charge in [-0.1, -0.05) is 72.6 Å². The molecule has 248 valence electrons. The average Bonchev–Trinajstić information content (AvgIpc) is 3.06. The molecule has 4 aromatic rings. The fourth-order valence-electron chi connectivity index (χ4n) is 4.96. The first-order valence-electron chi connectivity index (χ1n) is 15.4. The van der Waals surface area contributed by atoms with Gasteiger partial charge < -0.3 is 15.0 Å². The van der Waals surface area contributed by atoms with Gasteiger partial charge in [-0.3, -0.25) is 13.9 Å². The zero-order valence-electron chi connectivity index (χ0n) is 26.6. The van der Waals surface area contributed by atoms with Crippen LogP contribution < -0.4 is 14.4 Å². The van der Waals surface area contributed by atoms with Gasteiger partial charge in [0.15, 0.2) is 0 Å². The molecule has 0 bridgehead atoms. The number of nitrogens with one attached hydrogen (secondary N) is 1. The van der Waals surface area contributed by atoms with Gasteiger partial charge in [-0.15, -0.1) is 0 Å². The van der Waals surface area contributed by atoms with E-state index >= 15 is 0 Å². The Hall–Kier alpha value is -4.05. The highest BCUT2D eigenvalue weighted by atomic mass is 35.5. The minimum Gasteiger partial charge on any atom is -0.494 e. The lowest BCUT2D eigenvalue weighted by Crippen LogP contribution is -2.54. The summed E-state index contributed by atoms with van der Waals surface area (Å²) in [5.74, 6) is -0.359. The van der Waals surface area contributed by atoms with E-state index in [4.69, 9.17) is 27.9 Å². The number of nitrogens with zero attached hydrogens (tertiary/aromatic N) is 2.